The summed E-state index contributed by atoms with van der Waals surface area (Å²) in [5.74, 6) is 0.952. The SMILES string of the molecule is CN(CC1CCCCC1)C(=O)C1(c2ccc(Br)cc2)CCOCC1. The highest BCUT2D eigenvalue weighted by molar-refractivity contribution is 9.10. The number of carbonyl (C=O) groups excluding carboxylic acids is 1. The molecule has 1 aliphatic heterocycles. The molecule has 1 aliphatic carbocycles. The van der Waals surface area contributed by atoms with Crippen molar-refractivity contribution < 1.29 is 9.53 Å². The fraction of sp³-hybridized carbons (Fsp3) is 0.650. The molecule has 0 radical (unpaired) electrons. The fourth-order valence-corrected chi connectivity index (χ4v) is 4.58. The van der Waals surface area contributed by atoms with Crippen LogP contribution < -0.4 is 0 Å². The van der Waals surface area contributed by atoms with E-state index in [9.17, 15) is 4.79 Å². The van der Waals surface area contributed by atoms with Crippen LogP contribution in [-0.2, 0) is 14.9 Å². The second-order valence-corrected chi connectivity index (χ2v) is 8.31. The van der Waals surface area contributed by atoms with E-state index in [2.05, 4.69) is 28.1 Å². The van der Waals surface area contributed by atoms with E-state index < -0.39 is 5.41 Å². The molecule has 1 aromatic rings. The standard InChI is InChI=1S/C20H28BrNO2/c1-22(15-16-5-3-2-4-6-16)19(23)20(11-13-24-14-12-20)17-7-9-18(21)10-8-17/h7-10,16H,2-6,11-15H2,1H3. The maximum absolute atomic E-state index is 13.4. The largest absolute Gasteiger partial charge is 0.381 e. The molecule has 0 atom stereocenters. The summed E-state index contributed by atoms with van der Waals surface area (Å²) in [7, 11) is 1.99. The molecule has 0 unspecified atom stereocenters. The van der Waals surface area contributed by atoms with Gasteiger partial charge in [-0.15, -0.1) is 0 Å². The average molecular weight is 394 g/mol. The van der Waals surface area contributed by atoms with Crippen LogP contribution in [0.15, 0.2) is 28.7 Å². The number of carbonyl (C=O) groups is 1. The van der Waals surface area contributed by atoms with Gasteiger partial charge in [-0.2, -0.15) is 0 Å². The van der Waals surface area contributed by atoms with Crippen LogP contribution in [0.2, 0.25) is 0 Å². The summed E-state index contributed by atoms with van der Waals surface area (Å²) >= 11 is 3.50. The van der Waals surface area contributed by atoms with Crippen molar-refractivity contribution in [1.82, 2.24) is 4.90 Å². The predicted molar refractivity (Wildman–Crippen MR) is 100 cm³/mol. The number of amides is 1. The number of likely N-dealkylation sites (N-methyl/N-ethyl adjacent to an activating group) is 1. The maximum Gasteiger partial charge on any atom is 0.233 e. The Hall–Kier alpha value is -0.870. The number of nitrogens with zero attached hydrogens (tertiary/aromatic N) is 1. The van der Waals surface area contributed by atoms with Crippen molar-refractivity contribution in [3.05, 3.63) is 34.3 Å². The third kappa shape index (κ3) is 3.85. The van der Waals surface area contributed by atoms with Gasteiger partial charge in [0.1, 0.15) is 0 Å². The minimum Gasteiger partial charge on any atom is -0.381 e. The van der Waals surface area contributed by atoms with E-state index in [4.69, 9.17) is 4.74 Å². The Labute approximate surface area is 153 Å². The van der Waals surface area contributed by atoms with Gasteiger partial charge in [0, 0.05) is 31.3 Å². The van der Waals surface area contributed by atoms with Crippen LogP contribution in [0.1, 0.15) is 50.5 Å². The Morgan fingerprint density at radius 1 is 1.17 bits per heavy atom. The number of ether oxygens (including phenoxy) is 1. The van der Waals surface area contributed by atoms with Crippen LogP contribution in [0.5, 0.6) is 0 Å². The molecule has 3 rings (SSSR count). The van der Waals surface area contributed by atoms with Crippen molar-refractivity contribution in [2.45, 2.75) is 50.4 Å². The third-order valence-corrected chi connectivity index (χ3v) is 6.28. The molecule has 1 heterocycles. The molecule has 3 nitrogen and oxygen atoms in total. The summed E-state index contributed by atoms with van der Waals surface area (Å²) in [6.45, 7) is 2.23. The first-order valence-corrected chi connectivity index (χ1v) is 10.0. The summed E-state index contributed by atoms with van der Waals surface area (Å²) in [6.07, 6.45) is 8.09. The Balaban J connectivity index is 1.79. The second-order valence-electron chi connectivity index (χ2n) is 7.39. The minimum atomic E-state index is -0.414. The molecule has 1 saturated heterocycles. The molecule has 24 heavy (non-hydrogen) atoms. The Morgan fingerprint density at radius 2 is 1.79 bits per heavy atom. The average Bonchev–Trinajstić information content (AvgIpc) is 2.63. The van der Waals surface area contributed by atoms with Crippen LogP contribution in [0, 0.1) is 5.92 Å². The van der Waals surface area contributed by atoms with Gasteiger partial charge in [-0.05, 0) is 49.3 Å². The number of benzene rings is 1. The number of hydrogen-bond acceptors (Lipinski definition) is 2. The molecule has 0 spiro atoms. The lowest BCUT2D eigenvalue weighted by atomic mass is 9.73. The molecule has 2 fully saturated rings. The van der Waals surface area contributed by atoms with E-state index in [0.29, 0.717) is 19.1 Å². The number of halogens is 1. The quantitative estimate of drug-likeness (QED) is 0.751. The van der Waals surface area contributed by atoms with Crippen molar-refractivity contribution in [2.24, 2.45) is 5.92 Å². The number of hydrogen-bond donors (Lipinski definition) is 0. The zero-order chi connectivity index (χ0) is 17.0. The fourth-order valence-electron chi connectivity index (χ4n) is 4.32. The molecule has 0 N–H and O–H groups in total. The molecule has 1 saturated carbocycles. The summed E-state index contributed by atoms with van der Waals surface area (Å²) in [5.41, 5.74) is 0.719. The van der Waals surface area contributed by atoms with Crippen LogP contribution in [0.3, 0.4) is 0 Å². The Bertz CT molecular complexity index is 545. The van der Waals surface area contributed by atoms with Gasteiger partial charge in [-0.1, -0.05) is 47.3 Å². The monoisotopic (exact) mass is 393 g/mol. The minimum absolute atomic E-state index is 0.277. The van der Waals surface area contributed by atoms with Crippen molar-refractivity contribution in [1.29, 1.82) is 0 Å². The summed E-state index contributed by atoms with van der Waals surface area (Å²) in [5, 5.41) is 0. The molecule has 1 aromatic carbocycles. The van der Waals surface area contributed by atoms with E-state index in [1.807, 2.05) is 24.1 Å². The van der Waals surface area contributed by atoms with Gasteiger partial charge >= 0.3 is 0 Å². The summed E-state index contributed by atoms with van der Waals surface area (Å²) < 4.78 is 6.62. The highest BCUT2D eigenvalue weighted by Gasteiger charge is 2.43. The van der Waals surface area contributed by atoms with E-state index in [0.717, 1.165) is 29.4 Å². The van der Waals surface area contributed by atoms with Gasteiger partial charge in [0.15, 0.2) is 0 Å². The lowest BCUT2D eigenvalue weighted by Gasteiger charge is -2.40. The topological polar surface area (TPSA) is 29.5 Å². The van der Waals surface area contributed by atoms with Gasteiger partial charge < -0.3 is 9.64 Å². The van der Waals surface area contributed by atoms with Crippen LogP contribution in [0.25, 0.3) is 0 Å². The first-order chi connectivity index (χ1) is 11.6. The van der Waals surface area contributed by atoms with Gasteiger partial charge in [-0.3, -0.25) is 4.79 Å². The molecule has 0 bridgehead atoms. The van der Waals surface area contributed by atoms with Gasteiger partial charge in [0.2, 0.25) is 5.91 Å². The molecule has 2 aliphatic rings. The molecule has 132 valence electrons. The lowest BCUT2D eigenvalue weighted by Crippen LogP contribution is -2.49. The zero-order valence-electron chi connectivity index (χ0n) is 14.6. The predicted octanol–water partition coefficient (Wildman–Crippen LogP) is 4.54. The molecular formula is C20H28BrNO2. The molecular weight excluding hydrogens is 366 g/mol. The summed E-state index contributed by atoms with van der Waals surface area (Å²) in [6, 6.07) is 8.28. The lowest BCUT2D eigenvalue weighted by molar-refractivity contribution is -0.140. The molecule has 0 aromatic heterocycles. The van der Waals surface area contributed by atoms with Gasteiger partial charge in [0.25, 0.3) is 0 Å². The second kappa shape index (κ2) is 8.01. The maximum atomic E-state index is 13.4. The highest BCUT2D eigenvalue weighted by Crippen LogP contribution is 2.37. The zero-order valence-corrected chi connectivity index (χ0v) is 16.2. The Morgan fingerprint density at radius 3 is 2.42 bits per heavy atom. The first kappa shape index (κ1) is 17.9. The van der Waals surface area contributed by atoms with Crippen LogP contribution in [0.4, 0.5) is 0 Å². The third-order valence-electron chi connectivity index (χ3n) is 5.76. The summed E-state index contributed by atoms with van der Waals surface area (Å²) in [4.78, 5) is 15.4. The van der Waals surface area contributed by atoms with E-state index in [1.165, 1.54) is 32.1 Å². The Kier molecular flexibility index (Phi) is 5.98. The number of rotatable bonds is 4. The molecule has 1 amide bonds. The first-order valence-electron chi connectivity index (χ1n) is 9.21. The smallest absolute Gasteiger partial charge is 0.233 e. The van der Waals surface area contributed by atoms with Crippen molar-refractivity contribution in [3.8, 4) is 0 Å². The van der Waals surface area contributed by atoms with Crippen LogP contribution in [-0.4, -0.2) is 37.6 Å². The van der Waals surface area contributed by atoms with Gasteiger partial charge in [0.05, 0.1) is 5.41 Å². The van der Waals surface area contributed by atoms with Crippen molar-refractivity contribution in [2.75, 3.05) is 26.8 Å². The van der Waals surface area contributed by atoms with Crippen molar-refractivity contribution in [3.63, 3.8) is 0 Å². The van der Waals surface area contributed by atoms with E-state index >= 15 is 0 Å². The molecule has 4 heteroatoms. The highest BCUT2D eigenvalue weighted by atomic mass is 79.9. The van der Waals surface area contributed by atoms with Crippen molar-refractivity contribution >= 4 is 21.8 Å². The van der Waals surface area contributed by atoms with Crippen LogP contribution >= 0.6 is 15.9 Å². The van der Waals surface area contributed by atoms with E-state index in [1.54, 1.807) is 0 Å². The van der Waals surface area contributed by atoms with E-state index in [-0.39, 0.29) is 5.91 Å². The normalized spacial score (nSPS) is 21.4. The van der Waals surface area contributed by atoms with Gasteiger partial charge in [-0.25, -0.2) is 0 Å².